The van der Waals surface area contributed by atoms with Crippen molar-refractivity contribution in [1.82, 2.24) is 4.90 Å². The van der Waals surface area contributed by atoms with Crippen molar-refractivity contribution in [2.24, 2.45) is 0 Å². The van der Waals surface area contributed by atoms with Crippen LogP contribution in [-0.4, -0.2) is 47.5 Å². The molecule has 0 aliphatic heterocycles. The molecule has 0 bridgehead atoms. The third kappa shape index (κ3) is 7.24. The van der Waals surface area contributed by atoms with Crippen LogP contribution in [0, 0.1) is 6.92 Å². The number of hydrogen-bond acceptors (Lipinski definition) is 4. The summed E-state index contributed by atoms with van der Waals surface area (Å²) in [5.74, 6) is -0.708. The largest absolute Gasteiger partial charge is 0.482 e. The quantitative estimate of drug-likeness (QED) is 0.676. The van der Waals surface area contributed by atoms with Crippen LogP contribution < -0.4 is 10.1 Å². The lowest BCUT2D eigenvalue weighted by Gasteiger charge is -2.18. The lowest BCUT2D eigenvalue weighted by Crippen LogP contribution is -2.30. The van der Waals surface area contributed by atoms with E-state index in [9.17, 15) is 14.4 Å². The number of benzene rings is 1. The number of nitrogens with zero attached hydrogens (tertiary/aromatic N) is 1. The number of carboxylic acids is 1. The zero-order valence-corrected chi connectivity index (χ0v) is 15.0. The van der Waals surface area contributed by atoms with Crippen molar-refractivity contribution in [3.63, 3.8) is 0 Å². The van der Waals surface area contributed by atoms with Gasteiger partial charge < -0.3 is 20.1 Å². The Kier molecular flexibility index (Phi) is 8.46. The summed E-state index contributed by atoms with van der Waals surface area (Å²) in [5, 5.41) is 11.4. The van der Waals surface area contributed by atoms with E-state index >= 15 is 0 Å². The number of aliphatic carboxylic acids is 1. The minimum absolute atomic E-state index is 0.0638. The van der Waals surface area contributed by atoms with E-state index in [0.29, 0.717) is 37.4 Å². The highest BCUT2D eigenvalue weighted by Gasteiger charge is 2.11. The Morgan fingerprint density at radius 1 is 1.16 bits per heavy atom. The molecule has 0 aliphatic carbocycles. The summed E-state index contributed by atoms with van der Waals surface area (Å²) in [5.41, 5.74) is 1.42. The topological polar surface area (TPSA) is 95.9 Å². The van der Waals surface area contributed by atoms with Gasteiger partial charge in [-0.1, -0.05) is 0 Å². The fraction of sp³-hybridized carbons (Fsp3) is 0.500. The van der Waals surface area contributed by atoms with E-state index in [2.05, 4.69) is 5.32 Å². The van der Waals surface area contributed by atoms with Gasteiger partial charge in [-0.05, 0) is 51.0 Å². The maximum absolute atomic E-state index is 12.0. The second-order valence-corrected chi connectivity index (χ2v) is 5.63. The van der Waals surface area contributed by atoms with Gasteiger partial charge in [0.1, 0.15) is 5.75 Å². The van der Waals surface area contributed by atoms with Crippen LogP contribution >= 0.6 is 0 Å². The van der Waals surface area contributed by atoms with Crippen LogP contribution in [0.2, 0.25) is 0 Å². The molecule has 25 heavy (non-hydrogen) atoms. The summed E-state index contributed by atoms with van der Waals surface area (Å²) in [6.45, 7) is 6.61. The van der Waals surface area contributed by atoms with Crippen LogP contribution in [0.4, 0.5) is 5.69 Å². The molecule has 0 saturated heterocycles. The van der Waals surface area contributed by atoms with Gasteiger partial charge in [0.05, 0.1) is 0 Å². The number of ether oxygens (including phenoxy) is 1. The third-order valence-electron chi connectivity index (χ3n) is 3.74. The van der Waals surface area contributed by atoms with Crippen molar-refractivity contribution in [2.45, 2.75) is 40.0 Å². The van der Waals surface area contributed by atoms with E-state index in [1.165, 1.54) is 0 Å². The third-order valence-corrected chi connectivity index (χ3v) is 3.74. The van der Waals surface area contributed by atoms with E-state index in [1.54, 1.807) is 30.0 Å². The normalized spacial score (nSPS) is 10.2. The summed E-state index contributed by atoms with van der Waals surface area (Å²) in [6.07, 6.45) is 1.12. The first-order valence-corrected chi connectivity index (χ1v) is 8.40. The molecule has 2 amide bonds. The first-order valence-electron chi connectivity index (χ1n) is 8.40. The zero-order chi connectivity index (χ0) is 18.8. The summed E-state index contributed by atoms with van der Waals surface area (Å²) in [7, 11) is 0. The number of carbonyl (C=O) groups excluding carboxylic acids is 2. The van der Waals surface area contributed by atoms with Crippen LogP contribution in [0.1, 0.15) is 38.7 Å². The van der Waals surface area contributed by atoms with E-state index in [4.69, 9.17) is 9.84 Å². The highest BCUT2D eigenvalue weighted by Crippen LogP contribution is 2.21. The van der Waals surface area contributed by atoms with Gasteiger partial charge in [-0.15, -0.1) is 0 Å². The molecule has 7 nitrogen and oxygen atoms in total. The lowest BCUT2D eigenvalue weighted by atomic mass is 10.1. The molecule has 0 aromatic heterocycles. The minimum Gasteiger partial charge on any atom is -0.482 e. The van der Waals surface area contributed by atoms with Gasteiger partial charge in [0.2, 0.25) is 11.8 Å². The fourth-order valence-corrected chi connectivity index (χ4v) is 2.36. The Hall–Kier alpha value is -2.57. The molecule has 1 aromatic carbocycles. The zero-order valence-electron chi connectivity index (χ0n) is 15.0. The second kappa shape index (κ2) is 10.3. The predicted octanol–water partition coefficient (Wildman–Crippen LogP) is 2.44. The van der Waals surface area contributed by atoms with Crippen LogP contribution in [0.3, 0.4) is 0 Å². The number of nitrogens with one attached hydrogen (secondary N) is 1. The number of hydrogen-bond donors (Lipinski definition) is 2. The summed E-state index contributed by atoms with van der Waals surface area (Å²) < 4.78 is 5.09. The Bertz CT molecular complexity index is 611. The molecule has 1 aromatic rings. The van der Waals surface area contributed by atoms with E-state index in [1.807, 2.05) is 13.8 Å². The maximum atomic E-state index is 12.0. The van der Waals surface area contributed by atoms with Crippen molar-refractivity contribution in [3.05, 3.63) is 23.8 Å². The average Bonchev–Trinajstić information content (AvgIpc) is 2.56. The standard InChI is InChI=1S/C18H26N2O5/c1-4-20(5-2)17(22)8-6-7-16(21)19-15-10-9-14(11-13(15)3)25-12-18(23)24/h9-11H,4-8,12H2,1-3H3,(H,19,21)(H,23,24). The molecule has 0 fully saturated rings. The number of amides is 2. The number of rotatable bonds is 10. The maximum Gasteiger partial charge on any atom is 0.341 e. The fourth-order valence-electron chi connectivity index (χ4n) is 2.36. The molecule has 7 heteroatoms. The molecule has 0 unspecified atom stereocenters. The van der Waals surface area contributed by atoms with Gasteiger partial charge in [0.25, 0.3) is 0 Å². The van der Waals surface area contributed by atoms with Gasteiger partial charge in [-0.25, -0.2) is 4.79 Å². The number of carboxylic acid groups (broad SMARTS) is 1. The molecule has 0 saturated carbocycles. The van der Waals surface area contributed by atoms with Crippen molar-refractivity contribution < 1.29 is 24.2 Å². The number of anilines is 1. The molecule has 0 radical (unpaired) electrons. The van der Waals surface area contributed by atoms with Crippen molar-refractivity contribution in [3.8, 4) is 5.75 Å². The van der Waals surface area contributed by atoms with Gasteiger partial charge in [0.15, 0.2) is 6.61 Å². The van der Waals surface area contributed by atoms with Crippen LogP contribution in [0.25, 0.3) is 0 Å². The molecule has 0 spiro atoms. The minimum atomic E-state index is -1.05. The Labute approximate surface area is 148 Å². The first-order chi connectivity index (χ1) is 11.9. The molecule has 0 aliphatic rings. The van der Waals surface area contributed by atoms with Gasteiger partial charge in [0, 0.05) is 31.6 Å². The highest BCUT2D eigenvalue weighted by atomic mass is 16.5. The monoisotopic (exact) mass is 350 g/mol. The highest BCUT2D eigenvalue weighted by molar-refractivity contribution is 5.91. The van der Waals surface area contributed by atoms with Gasteiger partial charge in [-0.2, -0.15) is 0 Å². The Morgan fingerprint density at radius 3 is 2.40 bits per heavy atom. The first kappa shape index (κ1) is 20.5. The smallest absolute Gasteiger partial charge is 0.341 e. The van der Waals surface area contributed by atoms with Gasteiger partial charge >= 0.3 is 5.97 Å². The summed E-state index contributed by atoms with van der Waals surface area (Å²) in [6, 6.07) is 4.95. The Morgan fingerprint density at radius 2 is 1.84 bits per heavy atom. The average molecular weight is 350 g/mol. The Balaban J connectivity index is 2.46. The second-order valence-electron chi connectivity index (χ2n) is 5.63. The van der Waals surface area contributed by atoms with Crippen LogP contribution in [0.15, 0.2) is 18.2 Å². The van der Waals surface area contributed by atoms with Crippen LogP contribution in [-0.2, 0) is 14.4 Å². The van der Waals surface area contributed by atoms with Crippen molar-refractivity contribution in [2.75, 3.05) is 25.0 Å². The lowest BCUT2D eigenvalue weighted by molar-refractivity contribution is -0.139. The van der Waals surface area contributed by atoms with Crippen molar-refractivity contribution >= 4 is 23.5 Å². The van der Waals surface area contributed by atoms with Crippen molar-refractivity contribution in [1.29, 1.82) is 0 Å². The number of carbonyl (C=O) groups is 3. The SMILES string of the molecule is CCN(CC)C(=O)CCCC(=O)Nc1ccc(OCC(=O)O)cc1C. The van der Waals surface area contributed by atoms with E-state index in [0.717, 1.165) is 5.56 Å². The molecular weight excluding hydrogens is 324 g/mol. The molecule has 138 valence electrons. The van der Waals surface area contributed by atoms with E-state index < -0.39 is 12.6 Å². The molecule has 1 rings (SSSR count). The molecule has 2 N–H and O–H groups in total. The van der Waals surface area contributed by atoms with Gasteiger partial charge in [-0.3, -0.25) is 9.59 Å². The predicted molar refractivity (Wildman–Crippen MR) is 94.7 cm³/mol. The molecule has 0 heterocycles. The van der Waals surface area contributed by atoms with E-state index in [-0.39, 0.29) is 18.2 Å². The van der Waals surface area contributed by atoms with Crippen LogP contribution in [0.5, 0.6) is 5.75 Å². The summed E-state index contributed by atoms with van der Waals surface area (Å²) >= 11 is 0. The molecular formula is C18H26N2O5. The molecule has 0 atom stereocenters. The summed E-state index contributed by atoms with van der Waals surface area (Å²) in [4.78, 5) is 36.1. The number of aryl methyl sites for hydroxylation is 1.